The summed E-state index contributed by atoms with van der Waals surface area (Å²) in [4.78, 5) is 30.0. The van der Waals surface area contributed by atoms with E-state index >= 15 is 0 Å². The predicted molar refractivity (Wildman–Crippen MR) is 145 cm³/mol. The maximum absolute atomic E-state index is 13.7. The average Bonchev–Trinajstić information content (AvgIpc) is 3.21. The van der Waals surface area contributed by atoms with Crippen molar-refractivity contribution in [1.82, 2.24) is 9.80 Å². The SMILES string of the molecule is Cc1cccc(COc2ccc(/C(O)=C3/C(=O)C(=O)N(CCN4CCOCC4)C3c3ccc(F)cc3)cc2)c1. The molecule has 0 radical (unpaired) electrons. The van der Waals surface area contributed by atoms with Crippen LogP contribution in [0.4, 0.5) is 4.39 Å². The summed E-state index contributed by atoms with van der Waals surface area (Å²) in [6, 6.07) is 19.6. The van der Waals surface area contributed by atoms with Gasteiger partial charge in [-0.25, -0.2) is 4.39 Å². The summed E-state index contributed by atoms with van der Waals surface area (Å²) in [6.07, 6.45) is 0. The number of nitrogens with zero attached hydrogens (tertiary/aromatic N) is 2. The number of aliphatic hydroxyl groups is 1. The van der Waals surface area contributed by atoms with Crippen LogP contribution in [-0.2, 0) is 20.9 Å². The monoisotopic (exact) mass is 530 g/mol. The molecule has 0 aliphatic carbocycles. The zero-order chi connectivity index (χ0) is 27.4. The molecule has 0 spiro atoms. The number of carbonyl (C=O) groups excluding carboxylic acids is 2. The van der Waals surface area contributed by atoms with Crippen molar-refractivity contribution in [2.75, 3.05) is 39.4 Å². The van der Waals surface area contributed by atoms with Gasteiger partial charge in [-0.15, -0.1) is 0 Å². The van der Waals surface area contributed by atoms with Gasteiger partial charge < -0.3 is 19.5 Å². The van der Waals surface area contributed by atoms with E-state index < -0.39 is 23.5 Å². The van der Waals surface area contributed by atoms with E-state index in [2.05, 4.69) is 4.90 Å². The molecule has 1 N–H and O–H groups in total. The highest BCUT2D eigenvalue weighted by Gasteiger charge is 2.46. The second-order valence-electron chi connectivity index (χ2n) is 9.80. The first kappa shape index (κ1) is 26.6. The van der Waals surface area contributed by atoms with Crippen molar-refractivity contribution < 1.29 is 28.6 Å². The van der Waals surface area contributed by atoms with Gasteiger partial charge in [0.1, 0.15) is 23.9 Å². The van der Waals surface area contributed by atoms with E-state index in [0.717, 1.165) is 24.2 Å². The number of halogens is 1. The third-order valence-electron chi connectivity index (χ3n) is 7.10. The number of Topliss-reactive ketones (excluding diaryl/α,β-unsaturated/α-hetero) is 1. The van der Waals surface area contributed by atoms with E-state index in [4.69, 9.17) is 9.47 Å². The van der Waals surface area contributed by atoms with Crippen LogP contribution in [0.2, 0.25) is 0 Å². The molecule has 2 fully saturated rings. The molecule has 7 nitrogen and oxygen atoms in total. The van der Waals surface area contributed by atoms with Crippen LogP contribution in [0.25, 0.3) is 5.76 Å². The van der Waals surface area contributed by atoms with Crippen LogP contribution in [0.5, 0.6) is 5.75 Å². The smallest absolute Gasteiger partial charge is 0.295 e. The van der Waals surface area contributed by atoms with E-state index in [-0.39, 0.29) is 17.9 Å². The molecule has 1 amide bonds. The minimum atomic E-state index is -0.830. The molecule has 3 aromatic carbocycles. The molecular weight excluding hydrogens is 499 g/mol. The lowest BCUT2D eigenvalue weighted by Gasteiger charge is -2.31. The fourth-order valence-corrected chi connectivity index (χ4v) is 5.01. The Bertz CT molecular complexity index is 1360. The molecule has 39 heavy (non-hydrogen) atoms. The summed E-state index contributed by atoms with van der Waals surface area (Å²) in [5, 5.41) is 11.3. The molecule has 5 rings (SSSR count). The molecule has 0 aromatic heterocycles. The van der Waals surface area contributed by atoms with Crippen molar-refractivity contribution in [3.05, 3.63) is 106 Å². The Kier molecular flexibility index (Phi) is 8.05. The van der Waals surface area contributed by atoms with Crippen molar-refractivity contribution in [1.29, 1.82) is 0 Å². The Labute approximate surface area is 227 Å². The molecule has 2 saturated heterocycles. The van der Waals surface area contributed by atoms with E-state index in [1.165, 1.54) is 17.0 Å². The van der Waals surface area contributed by atoms with Crippen LogP contribution < -0.4 is 4.74 Å². The standard InChI is InChI=1S/C31H31FN2O5/c1-21-3-2-4-22(19-21)20-39-26-11-7-24(8-12-26)29(35)27-28(23-5-9-25(32)10-6-23)34(31(37)30(27)36)14-13-33-15-17-38-18-16-33/h2-12,19,28,35H,13-18,20H2,1H3/b29-27-. The Morgan fingerprint density at radius 3 is 2.41 bits per heavy atom. The van der Waals surface area contributed by atoms with Gasteiger partial charge in [0.25, 0.3) is 11.7 Å². The Hall–Kier alpha value is -4.01. The lowest BCUT2D eigenvalue weighted by atomic mass is 9.95. The number of hydrogen-bond donors (Lipinski definition) is 1. The van der Waals surface area contributed by atoms with Crippen LogP contribution in [-0.4, -0.2) is 66.0 Å². The van der Waals surface area contributed by atoms with Crippen molar-refractivity contribution in [3.63, 3.8) is 0 Å². The first-order valence-corrected chi connectivity index (χ1v) is 13.0. The topological polar surface area (TPSA) is 79.3 Å². The lowest BCUT2D eigenvalue weighted by molar-refractivity contribution is -0.140. The second kappa shape index (κ2) is 11.8. The summed E-state index contributed by atoms with van der Waals surface area (Å²) in [7, 11) is 0. The second-order valence-corrected chi connectivity index (χ2v) is 9.80. The highest BCUT2D eigenvalue weighted by molar-refractivity contribution is 6.46. The lowest BCUT2D eigenvalue weighted by Crippen LogP contribution is -2.42. The number of carbonyl (C=O) groups is 2. The summed E-state index contributed by atoms with van der Waals surface area (Å²) in [6.45, 7) is 5.97. The van der Waals surface area contributed by atoms with Gasteiger partial charge in [0.2, 0.25) is 0 Å². The molecule has 1 atom stereocenters. The van der Waals surface area contributed by atoms with Crippen LogP contribution in [0.15, 0.2) is 78.4 Å². The minimum absolute atomic E-state index is 0.0120. The molecule has 3 aromatic rings. The third-order valence-corrected chi connectivity index (χ3v) is 7.10. The van der Waals surface area contributed by atoms with Crippen molar-refractivity contribution in [2.45, 2.75) is 19.6 Å². The fraction of sp³-hybridized carbons (Fsp3) is 0.290. The molecule has 202 valence electrons. The van der Waals surface area contributed by atoms with Gasteiger partial charge in [0.05, 0.1) is 24.8 Å². The van der Waals surface area contributed by atoms with Gasteiger partial charge in [-0.05, 0) is 54.4 Å². The molecule has 2 aliphatic heterocycles. The number of ketones is 1. The van der Waals surface area contributed by atoms with Gasteiger partial charge in [-0.3, -0.25) is 14.5 Å². The van der Waals surface area contributed by atoms with Crippen LogP contribution in [0.3, 0.4) is 0 Å². The van der Waals surface area contributed by atoms with Crippen LogP contribution in [0, 0.1) is 12.7 Å². The molecule has 2 aliphatic rings. The summed E-state index contributed by atoms with van der Waals surface area (Å²) in [5.74, 6) is -1.54. The maximum Gasteiger partial charge on any atom is 0.295 e. The normalized spacial score (nSPS) is 19.4. The molecule has 0 saturated carbocycles. The Morgan fingerprint density at radius 1 is 1.00 bits per heavy atom. The molecule has 8 heteroatoms. The number of amides is 1. The Morgan fingerprint density at radius 2 is 1.72 bits per heavy atom. The quantitative estimate of drug-likeness (QED) is 0.263. The minimum Gasteiger partial charge on any atom is -0.507 e. The summed E-state index contributed by atoms with van der Waals surface area (Å²) in [5.41, 5.74) is 3.11. The number of benzene rings is 3. The number of morpholine rings is 1. The maximum atomic E-state index is 13.7. The number of ether oxygens (including phenoxy) is 2. The van der Waals surface area contributed by atoms with Gasteiger partial charge in [0.15, 0.2) is 0 Å². The number of aryl methyl sites for hydroxylation is 1. The van der Waals surface area contributed by atoms with Gasteiger partial charge >= 0.3 is 0 Å². The third kappa shape index (κ3) is 6.02. The molecular formula is C31H31FN2O5. The van der Waals surface area contributed by atoms with Crippen molar-refractivity contribution in [3.8, 4) is 5.75 Å². The highest BCUT2D eigenvalue weighted by Crippen LogP contribution is 2.39. The van der Waals surface area contributed by atoms with E-state index in [0.29, 0.717) is 43.2 Å². The average molecular weight is 531 g/mol. The zero-order valence-corrected chi connectivity index (χ0v) is 21.8. The van der Waals surface area contributed by atoms with Crippen LogP contribution in [0.1, 0.15) is 28.3 Å². The number of likely N-dealkylation sites (tertiary alicyclic amines) is 1. The van der Waals surface area contributed by atoms with Gasteiger partial charge in [0, 0.05) is 31.7 Å². The fourth-order valence-electron chi connectivity index (χ4n) is 5.01. The predicted octanol–water partition coefficient (Wildman–Crippen LogP) is 4.47. The van der Waals surface area contributed by atoms with Gasteiger partial charge in [-0.2, -0.15) is 0 Å². The van der Waals surface area contributed by atoms with Crippen molar-refractivity contribution >= 4 is 17.4 Å². The number of aliphatic hydroxyl groups excluding tert-OH is 1. The first-order chi connectivity index (χ1) is 18.9. The largest absolute Gasteiger partial charge is 0.507 e. The number of hydrogen-bond acceptors (Lipinski definition) is 6. The summed E-state index contributed by atoms with van der Waals surface area (Å²) < 4.78 is 25.0. The molecule has 0 bridgehead atoms. The van der Waals surface area contributed by atoms with Gasteiger partial charge in [-0.1, -0.05) is 42.0 Å². The van der Waals surface area contributed by atoms with E-state index in [1.54, 1.807) is 36.4 Å². The molecule has 1 unspecified atom stereocenters. The van der Waals surface area contributed by atoms with E-state index in [1.807, 2.05) is 31.2 Å². The summed E-state index contributed by atoms with van der Waals surface area (Å²) >= 11 is 0. The van der Waals surface area contributed by atoms with Crippen LogP contribution >= 0.6 is 0 Å². The van der Waals surface area contributed by atoms with E-state index in [9.17, 15) is 19.1 Å². The zero-order valence-electron chi connectivity index (χ0n) is 21.8. The number of rotatable bonds is 8. The van der Waals surface area contributed by atoms with Crippen molar-refractivity contribution in [2.24, 2.45) is 0 Å². The highest BCUT2D eigenvalue weighted by atomic mass is 19.1. The molecule has 2 heterocycles. The first-order valence-electron chi connectivity index (χ1n) is 13.0. The Balaban J connectivity index is 1.41.